The number of piperazine rings is 1. The fourth-order valence-electron chi connectivity index (χ4n) is 3.17. The smallest absolute Gasteiger partial charge is 0.242 e. The van der Waals surface area contributed by atoms with Gasteiger partial charge >= 0.3 is 0 Å². The van der Waals surface area contributed by atoms with Crippen LogP contribution in [0.4, 0.5) is 5.69 Å². The minimum atomic E-state index is -3.22. The number of anilines is 1. The molecule has 130 valence electrons. The number of fused-ring (bicyclic) bond motifs is 1. The Kier molecular flexibility index (Phi) is 4.60. The molecule has 1 saturated heterocycles. The molecule has 7 nitrogen and oxygen atoms in total. The molecule has 0 N–H and O–H groups in total. The molecule has 8 heteroatoms. The minimum absolute atomic E-state index is 0.00865. The van der Waals surface area contributed by atoms with E-state index in [0.717, 1.165) is 11.3 Å². The van der Waals surface area contributed by atoms with E-state index in [1.165, 1.54) is 10.6 Å². The third kappa shape index (κ3) is 3.44. The Labute approximate surface area is 141 Å². The predicted molar refractivity (Wildman–Crippen MR) is 90.1 cm³/mol. The highest BCUT2D eigenvalue weighted by molar-refractivity contribution is 7.88. The van der Waals surface area contributed by atoms with Gasteiger partial charge in [0.05, 0.1) is 6.26 Å². The second-order valence-corrected chi connectivity index (χ2v) is 8.13. The van der Waals surface area contributed by atoms with E-state index in [2.05, 4.69) is 0 Å². The van der Waals surface area contributed by atoms with Crippen LogP contribution in [0.5, 0.6) is 0 Å². The van der Waals surface area contributed by atoms with Crippen LogP contribution < -0.4 is 4.90 Å². The zero-order valence-corrected chi connectivity index (χ0v) is 14.5. The molecule has 2 aliphatic heterocycles. The van der Waals surface area contributed by atoms with Crippen molar-refractivity contribution in [1.29, 1.82) is 0 Å². The molecule has 1 fully saturated rings. The van der Waals surface area contributed by atoms with E-state index in [9.17, 15) is 18.0 Å². The third-order valence-corrected chi connectivity index (χ3v) is 5.85. The highest BCUT2D eigenvalue weighted by atomic mass is 32.2. The van der Waals surface area contributed by atoms with Gasteiger partial charge in [-0.3, -0.25) is 9.59 Å². The topological polar surface area (TPSA) is 78.0 Å². The lowest BCUT2D eigenvalue weighted by Crippen LogP contribution is -2.53. The fourth-order valence-corrected chi connectivity index (χ4v) is 4.00. The van der Waals surface area contributed by atoms with Gasteiger partial charge in [0, 0.05) is 38.3 Å². The largest absolute Gasteiger partial charge is 0.339 e. The Morgan fingerprint density at radius 1 is 1.08 bits per heavy atom. The molecular weight excluding hydrogens is 330 g/mol. The molecule has 0 radical (unpaired) electrons. The normalized spacial score (nSPS) is 19.3. The van der Waals surface area contributed by atoms with E-state index < -0.39 is 10.0 Å². The molecule has 0 atom stereocenters. The Hall–Kier alpha value is -1.93. The first-order valence-electron chi connectivity index (χ1n) is 7.97. The molecule has 2 amide bonds. The fraction of sp³-hybridized carbons (Fsp3) is 0.500. The summed E-state index contributed by atoms with van der Waals surface area (Å²) in [6.45, 7) is 1.32. The van der Waals surface area contributed by atoms with Gasteiger partial charge in [0.1, 0.15) is 6.54 Å². The van der Waals surface area contributed by atoms with Gasteiger partial charge in [-0.1, -0.05) is 18.2 Å². The molecule has 0 aliphatic carbocycles. The number of carbonyl (C=O) groups is 2. The number of aryl methyl sites for hydroxylation is 1. The first-order valence-corrected chi connectivity index (χ1v) is 9.82. The number of benzene rings is 1. The zero-order valence-electron chi connectivity index (χ0n) is 13.6. The lowest BCUT2D eigenvalue weighted by Gasteiger charge is -2.35. The van der Waals surface area contributed by atoms with Gasteiger partial charge in [-0.2, -0.15) is 4.31 Å². The zero-order chi connectivity index (χ0) is 17.3. The summed E-state index contributed by atoms with van der Waals surface area (Å²) in [6, 6.07) is 7.63. The second-order valence-electron chi connectivity index (χ2n) is 6.15. The van der Waals surface area contributed by atoms with Gasteiger partial charge < -0.3 is 9.80 Å². The van der Waals surface area contributed by atoms with Gasteiger partial charge in [-0.05, 0) is 18.1 Å². The average Bonchev–Trinajstić information content (AvgIpc) is 2.56. The Morgan fingerprint density at radius 3 is 2.42 bits per heavy atom. The standard InChI is InChI=1S/C16H21N3O4S/c1-24(22,23)18-10-8-17(9-11-18)16(21)12-19-14-5-3-2-4-13(14)6-7-15(19)20/h2-5H,6-12H2,1H3. The van der Waals surface area contributed by atoms with Crippen molar-refractivity contribution in [3.05, 3.63) is 29.8 Å². The number of amides is 2. The third-order valence-electron chi connectivity index (χ3n) is 4.55. The molecule has 0 unspecified atom stereocenters. The van der Waals surface area contributed by atoms with Crippen LogP contribution in [0.3, 0.4) is 0 Å². The quantitative estimate of drug-likeness (QED) is 0.772. The van der Waals surface area contributed by atoms with Crippen LogP contribution in [0, 0.1) is 0 Å². The molecule has 2 heterocycles. The van der Waals surface area contributed by atoms with Crippen molar-refractivity contribution in [2.45, 2.75) is 12.8 Å². The van der Waals surface area contributed by atoms with Gasteiger partial charge in [0.2, 0.25) is 21.8 Å². The monoisotopic (exact) mass is 351 g/mol. The maximum absolute atomic E-state index is 12.5. The van der Waals surface area contributed by atoms with Gasteiger partial charge in [-0.25, -0.2) is 8.42 Å². The Bertz CT molecular complexity index is 754. The van der Waals surface area contributed by atoms with Crippen LogP contribution in [0.1, 0.15) is 12.0 Å². The van der Waals surface area contributed by atoms with Crippen molar-refractivity contribution in [2.75, 3.05) is 43.9 Å². The van der Waals surface area contributed by atoms with Crippen molar-refractivity contribution in [2.24, 2.45) is 0 Å². The Morgan fingerprint density at radius 2 is 1.75 bits per heavy atom. The van der Waals surface area contributed by atoms with E-state index in [-0.39, 0.29) is 18.4 Å². The highest BCUT2D eigenvalue weighted by Crippen LogP contribution is 2.27. The van der Waals surface area contributed by atoms with E-state index >= 15 is 0 Å². The molecule has 0 bridgehead atoms. The van der Waals surface area contributed by atoms with E-state index in [1.54, 1.807) is 9.80 Å². The molecule has 0 aromatic heterocycles. The number of hydrogen-bond donors (Lipinski definition) is 0. The number of carbonyl (C=O) groups excluding carboxylic acids is 2. The SMILES string of the molecule is CS(=O)(=O)N1CCN(C(=O)CN2C(=O)CCc3ccccc32)CC1. The molecule has 1 aromatic rings. The van der Waals surface area contributed by atoms with E-state index in [4.69, 9.17) is 0 Å². The number of para-hydroxylation sites is 1. The molecule has 1 aromatic carbocycles. The van der Waals surface area contributed by atoms with Crippen LogP contribution in [0.15, 0.2) is 24.3 Å². The summed E-state index contributed by atoms with van der Waals surface area (Å²) in [4.78, 5) is 27.9. The highest BCUT2D eigenvalue weighted by Gasteiger charge is 2.30. The van der Waals surface area contributed by atoms with Gasteiger partial charge in [0.25, 0.3) is 0 Å². The second kappa shape index (κ2) is 6.52. The van der Waals surface area contributed by atoms with Crippen LogP contribution >= 0.6 is 0 Å². The number of rotatable bonds is 3. The van der Waals surface area contributed by atoms with Crippen LogP contribution in [-0.4, -0.2) is 68.4 Å². The molecule has 0 spiro atoms. The molecular formula is C16H21N3O4S. The lowest BCUT2D eigenvalue weighted by molar-refractivity contribution is -0.132. The van der Waals surface area contributed by atoms with E-state index in [1.807, 2.05) is 24.3 Å². The summed E-state index contributed by atoms with van der Waals surface area (Å²) in [5.41, 5.74) is 1.88. The van der Waals surface area contributed by atoms with Crippen molar-refractivity contribution in [3.63, 3.8) is 0 Å². The van der Waals surface area contributed by atoms with Crippen molar-refractivity contribution < 1.29 is 18.0 Å². The Balaban J connectivity index is 1.67. The summed E-state index contributed by atoms with van der Waals surface area (Å²) in [6.07, 6.45) is 2.28. The minimum Gasteiger partial charge on any atom is -0.339 e. The summed E-state index contributed by atoms with van der Waals surface area (Å²) in [5.74, 6) is -0.190. The van der Waals surface area contributed by atoms with Crippen LogP contribution in [0.2, 0.25) is 0 Å². The summed E-state index contributed by atoms with van der Waals surface area (Å²) >= 11 is 0. The molecule has 24 heavy (non-hydrogen) atoms. The number of hydrogen-bond acceptors (Lipinski definition) is 4. The maximum Gasteiger partial charge on any atom is 0.242 e. The maximum atomic E-state index is 12.5. The van der Waals surface area contributed by atoms with Crippen molar-refractivity contribution in [3.8, 4) is 0 Å². The van der Waals surface area contributed by atoms with Crippen molar-refractivity contribution >= 4 is 27.5 Å². The first-order chi connectivity index (χ1) is 11.4. The summed E-state index contributed by atoms with van der Waals surface area (Å²) in [5, 5.41) is 0. The summed E-state index contributed by atoms with van der Waals surface area (Å²) < 4.78 is 24.4. The van der Waals surface area contributed by atoms with E-state index in [0.29, 0.717) is 39.0 Å². The first kappa shape index (κ1) is 16.9. The van der Waals surface area contributed by atoms with Gasteiger partial charge in [-0.15, -0.1) is 0 Å². The lowest BCUT2D eigenvalue weighted by atomic mass is 10.0. The van der Waals surface area contributed by atoms with Crippen molar-refractivity contribution in [1.82, 2.24) is 9.21 Å². The predicted octanol–water partition coefficient (Wildman–Crippen LogP) is 0.0696. The number of sulfonamides is 1. The molecule has 0 saturated carbocycles. The van der Waals surface area contributed by atoms with Crippen LogP contribution in [-0.2, 0) is 26.0 Å². The molecule has 2 aliphatic rings. The average molecular weight is 351 g/mol. The van der Waals surface area contributed by atoms with Crippen LogP contribution in [0.25, 0.3) is 0 Å². The summed E-state index contributed by atoms with van der Waals surface area (Å²) in [7, 11) is -3.22. The molecule has 3 rings (SSSR count). The van der Waals surface area contributed by atoms with Gasteiger partial charge in [0.15, 0.2) is 0 Å². The number of nitrogens with zero attached hydrogens (tertiary/aromatic N) is 3.